The summed E-state index contributed by atoms with van der Waals surface area (Å²) in [6.07, 6.45) is -3.17. The van der Waals surface area contributed by atoms with Crippen LogP contribution >= 0.6 is 0 Å². The molecule has 1 fully saturated rings. The maximum Gasteiger partial charge on any atom is 0.380 e. The molecule has 0 aliphatic carbocycles. The summed E-state index contributed by atoms with van der Waals surface area (Å²) in [7, 11) is 0. The molecule has 1 rings (SSSR count). The van der Waals surface area contributed by atoms with Gasteiger partial charge in [0, 0.05) is 6.42 Å². The van der Waals surface area contributed by atoms with Gasteiger partial charge in [-0.3, -0.25) is 0 Å². The van der Waals surface area contributed by atoms with E-state index in [4.69, 9.17) is 0 Å². The highest BCUT2D eigenvalue weighted by Crippen LogP contribution is 2.30. The molecule has 4 nitrogen and oxygen atoms in total. The minimum atomic E-state index is -4.25. The fraction of sp³-hybridized carbons (Fsp3) is 0.667. The predicted octanol–water partition coefficient (Wildman–Crippen LogP) is 1.41. The molecule has 0 amide bonds. The number of esters is 1. The van der Waals surface area contributed by atoms with Crippen LogP contribution in [0.4, 0.5) is 13.2 Å². The highest BCUT2D eigenvalue weighted by atomic mass is 19.3. The molecule has 0 aromatic carbocycles. The van der Waals surface area contributed by atoms with Crippen LogP contribution in [0, 0.1) is 0 Å². The zero-order valence-corrected chi connectivity index (χ0v) is 8.33. The summed E-state index contributed by atoms with van der Waals surface area (Å²) in [4.78, 5) is 19.4. The number of carbonyl (C=O) groups excluding carboxylic acids is 1. The van der Waals surface area contributed by atoms with Gasteiger partial charge in [-0.05, 0) is 0 Å². The summed E-state index contributed by atoms with van der Waals surface area (Å²) in [6, 6.07) is 0. The first-order valence-electron chi connectivity index (χ1n) is 4.58. The minimum absolute atomic E-state index is 0.0167. The molecule has 0 aromatic rings. The van der Waals surface area contributed by atoms with Crippen LogP contribution < -0.4 is 0 Å². The van der Waals surface area contributed by atoms with E-state index in [9.17, 15) is 18.0 Å². The smallest absolute Gasteiger partial charge is 0.380 e. The van der Waals surface area contributed by atoms with Crippen molar-refractivity contribution in [2.24, 2.45) is 0 Å². The Kier molecular flexibility index (Phi) is 4.31. The van der Waals surface area contributed by atoms with Crippen LogP contribution in [-0.2, 0) is 19.3 Å². The zero-order chi connectivity index (χ0) is 12.2. The Bertz CT molecular complexity index is 263. The summed E-state index contributed by atoms with van der Waals surface area (Å²) in [5, 5.41) is 0. The molecule has 0 spiro atoms. The van der Waals surface area contributed by atoms with Gasteiger partial charge >= 0.3 is 11.9 Å². The molecular formula is C9H11F3O4. The van der Waals surface area contributed by atoms with E-state index in [1.807, 2.05) is 0 Å². The molecule has 1 aliphatic heterocycles. The summed E-state index contributed by atoms with van der Waals surface area (Å²) in [5.41, 5.74) is 0. The number of alkyl halides is 3. The molecule has 1 aliphatic rings. The highest BCUT2D eigenvalue weighted by molar-refractivity contribution is 5.78. The largest absolute Gasteiger partial charge is 0.457 e. The Morgan fingerprint density at radius 1 is 1.69 bits per heavy atom. The van der Waals surface area contributed by atoms with Gasteiger partial charge in [-0.2, -0.15) is 8.78 Å². The Hall–Kier alpha value is -1.08. The molecule has 0 saturated carbocycles. The molecule has 92 valence electrons. The molecule has 0 aromatic heterocycles. The summed E-state index contributed by atoms with van der Waals surface area (Å²) in [5.74, 6) is -6.18. The third-order valence-electron chi connectivity index (χ3n) is 1.95. The first kappa shape index (κ1) is 13.0. The summed E-state index contributed by atoms with van der Waals surface area (Å²) in [6.45, 7) is 2.79. The molecule has 0 bridgehead atoms. The molecule has 7 heteroatoms. The minimum Gasteiger partial charge on any atom is -0.457 e. The van der Waals surface area contributed by atoms with Crippen LogP contribution in [0.2, 0.25) is 0 Å². The third kappa shape index (κ3) is 2.73. The molecule has 16 heavy (non-hydrogen) atoms. The zero-order valence-electron chi connectivity index (χ0n) is 8.33. The molecule has 0 radical (unpaired) electrons. The van der Waals surface area contributed by atoms with E-state index in [0.717, 1.165) is 6.08 Å². The fourth-order valence-electron chi connectivity index (χ4n) is 1.12. The van der Waals surface area contributed by atoms with Gasteiger partial charge in [-0.1, -0.05) is 12.7 Å². The maximum absolute atomic E-state index is 13.3. The van der Waals surface area contributed by atoms with Gasteiger partial charge in [0.1, 0.15) is 12.7 Å². The number of rotatable bonds is 5. The van der Waals surface area contributed by atoms with Crippen molar-refractivity contribution in [1.82, 2.24) is 0 Å². The summed E-state index contributed by atoms with van der Waals surface area (Å²) < 4.78 is 43.7. The van der Waals surface area contributed by atoms with Crippen molar-refractivity contribution in [3.63, 3.8) is 0 Å². The van der Waals surface area contributed by atoms with Crippen molar-refractivity contribution in [2.45, 2.75) is 24.6 Å². The van der Waals surface area contributed by atoms with Crippen LogP contribution in [0.5, 0.6) is 0 Å². The van der Waals surface area contributed by atoms with Crippen LogP contribution in [0.1, 0.15) is 6.42 Å². The predicted molar refractivity (Wildman–Crippen MR) is 46.4 cm³/mol. The Labute approximate surface area is 89.9 Å². The molecule has 1 heterocycles. The quantitative estimate of drug-likeness (QED) is 0.414. The van der Waals surface area contributed by atoms with E-state index in [1.54, 1.807) is 0 Å². The van der Waals surface area contributed by atoms with Crippen molar-refractivity contribution in [3.8, 4) is 0 Å². The first-order valence-corrected chi connectivity index (χ1v) is 4.58. The Balaban J connectivity index is 2.59. The normalized spacial score (nSPS) is 22.8. The van der Waals surface area contributed by atoms with Crippen molar-refractivity contribution in [2.75, 3.05) is 13.2 Å². The van der Waals surface area contributed by atoms with Crippen molar-refractivity contribution in [3.05, 3.63) is 12.7 Å². The highest BCUT2D eigenvalue weighted by Gasteiger charge is 2.54. The molecule has 2 atom stereocenters. The van der Waals surface area contributed by atoms with Crippen LogP contribution in [0.15, 0.2) is 12.7 Å². The van der Waals surface area contributed by atoms with E-state index in [-0.39, 0.29) is 13.0 Å². The van der Waals surface area contributed by atoms with Crippen molar-refractivity contribution >= 4 is 5.97 Å². The second-order valence-electron chi connectivity index (χ2n) is 3.16. The van der Waals surface area contributed by atoms with Gasteiger partial charge in [-0.25, -0.2) is 19.0 Å². The molecule has 2 unspecified atom stereocenters. The maximum atomic E-state index is 13.3. The van der Waals surface area contributed by atoms with Crippen LogP contribution in [-0.4, -0.2) is 37.4 Å². The number of hydrogen-bond donors (Lipinski definition) is 0. The lowest BCUT2D eigenvalue weighted by molar-refractivity contribution is -0.295. The standard InChI is InChI=1S/C9H11F3O4/c1-2-4-14-8(13)9(11,12)7(10)6-3-5-15-16-6/h2,6-7H,1,3-5H2. The topological polar surface area (TPSA) is 44.8 Å². The number of hydrogen-bond acceptors (Lipinski definition) is 4. The van der Waals surface area contributed by atoms with E-state index in [1.165, 1.54) is 0 Å². The third-order valence-corrected chi connectivity index (χ3v) is 1.95. The second-order valence-corrected chi connectivity index (χ2v) is 3.16. The first-order chi connectivity index (χ1) is 7.50. The van der Waals surface area contributed by atoms with Gasteiger partial charge in [0.2, 0.25) is 6.17 Å². The van der Waals surface area contributed by atoms with E-state index in [2.05, 4.69) is 21.1 Å². The van der Waals surface area contributed by atoms with E-state index >= 15 is 0 Å². The Morgan fingerprint density at radius 2 is 2.38 bits per heavy atom. The van der Waals surface area contributed by atoms with E-state index < -0.39 is 30.8 Å². The van der Waals surface area contributed by atoms with Gasteiger partial charge in [0.15, 0.2) is 0 Å². The lowest BCUT2D eigenvalue weighted by atomic mass is 10.1. The number of halogens is 3. The molecule has 0 N–H and O–H groups in total. The molecular weight excluding hydrogens is 229 g/mol. The van der Waals surface area contributed by atoms with Gasteiger partial charge in [-0.15, -0.1) is 0 Å². The van der Waals surface area contributed by atoms with Gasteiger partial charge < -0.3 is 4.74 Å². The lowest BCUT2D eigenvalue weighted by Gasteiger charge is -2.21. The average molecular weight is 240 g/mol. The summed E-state index contributed by atoms with van der Waals surface area (Å²) >= 11 is 0. The van der Waals surface area contributed by atoms with Crippen molar-refractivity contribution in [1.29, 1.82) is 0 Å². The average Bonchev–Trinajstić information content (AvgIpc) is 2.77. The molecule has 1 saturated heterocycles. The Morgan fingerprint density at radius 3 is 2.88 bits per heavy atom. The second kappa shape index (κ2) is 5.31. The fourth-order valence-corrected chi connectivity index (χ4v) is 1.12. The van der Waals surface area contributed by atoms with Crippen LogP contribution in [0.25, 0.3) is 0 Å². The van der Waals surface area contributed by atoms with E-state index in [0.29, 0.717) is 0 Å². The van der Waals surface area contributed by atoms with Crippen molar-refractivity contribution < 1.29 is 32.5 Å². The number of carbonyl (C=O) groups is 1. The van der Waals surface area contributed by atoms with Crippen LogP contribution in [0.3, 0.4) is 0 Å². The van der Waals surface area contributed by atoms with Gasteiger partial charge in [0.25, 0.3) is 0 Å². The SMILES string of the molecule is C=CCOC(=O)C(F)(F)C(F)C1CCOO1. The van der Waals surface area contributed by atoms with Gasteiger partial charge in [0.05, 0.1) is 6.61 Å². The lowest BCUT2D eigenvalue weighted by Crippen LogP contribution is -2.46. The monoisotopic (exact) mass is 240 g/mol. The number of ether oxygens (including phenoxy) is 1.